The molecular weight excluding hydrogens is 298 g/mol. The minimum absolute atomic E-state index is 0.0101. The van der Waals surface area contributed by atoms with Crippen molar-refractivity contribution >= 4 is 10.0 Å². The first-order chi connectivity index (χ1) is 9.92. The molecule has 2 rings (SSSR count). The van der Waals surface area contributed by atoms with Crippen LogP contribution in [0.3, 0.4) is 0 Å². The van der Waals surface area contributed by atoms with Gasteiger partial charge in [0.15, 0.2) is 11.6 Å². The lowest BCUT2D eigenvalue weighted by atomic mass is 10.2. The van der Waals surface area contributed by atoms with Crippen molar-refractivity contribution in [3.63, 3.8) is 0 Å². The lowest BCUT2D eigenvalue weighted by molar-refractivity contribution is 0.506. The normalized spacial score (nSPS) is 11.1. The number of hydrogen-bond donors (Lipinski definition) is 1. The van der Waals surface area contributed by atoms with Crippen molar-refractivity contribution in [3.8, 4) is 6.07 Å². The standard InChI is InChI=1S/C14H10F2N2O2S/c15-13-6-3-11(7-14(13)16)9-18-21(19,20)12-4-1-10(8-17)2-5-12/h1-7,18H,9H2. The summed E-state index contributed by atoms with van der Waals surface area (Å²) in [5, 5.41) is 8.65. The summed E-state index contributed by atoms with van der Waals surface area (Å²) < 4.78 is 52.1. The van der Waals surface area contributed by atoms with Gasteiger partial charge in [0.2, 0.25) is 10.0 Å². The van der Waals surface area contributed by atoms with Crippen LogP contribution in [-0.2, 0) is 16.6 Å². The largest absolute Gasteiger partial charge is 0.240 e. The molecule has 0 aliphatic rings. The third kappa shape index (κ3) is 3.62. The van der Waals surface area contributed by atoms with Gasteiger partial charge in [-0.25, -0.2) is 21.9 Å². The summed E-state index contributed by atoms with van der Waals surface area (Å²) in [6.07, 6.45) is 0. The molecule has 21 heavy (non-hydrogen) atoms. The van der Waals surface area contributed by atoms with E-state index >= 15 is 0 Å². The Labute approximate surface area is 120 Å². The van der Waals surface area contributed by atoms with E-state index in [1.807, 2.05) is 6.07 Å². The van der Waals surface area contributed by atoms with Gasteiger partial charge in [-0.15, -0.1) is 0 Å². The first-order valence-corrected chi connectivity index (χ1v) is 7.34. The van der Waals surface area contributed by atoms with Crippen LogP contribution in [0.2, 0.25) is 0 Å². The lowest BCUT2D eigenvalue weighted by Gasteiger charge is -2.07. The fraction of sp³-hybridized carbons (Fsp3) is 0.0714. The topological polar surface area (TPSA) is 70.0 Å². The molecule has 0 radical (unpaired) electrons. The fourth-order valence-electron chi connectivity index (χ4n) is 1.62. The number of rotatable bonds is 4. The molecule has 0 unspecified atom stereocenters. The highest BCUT2D eigenvalue weighted by atomic mass is 32.2. The maximum Gasteiger partial charge on any atom is 0.240 e. The summed E-state index contributed by atoms with van der Waals surface area (Å²) in [6, 6.07) is 10.4. The first-order valence-electron chi connectivity index (χ1n) is 5.86. The molecule has 0 fully saturated rings. The van der Waals surface area contributed by atoms with Crippen LogP contribution in [-0.4, -0.2) is 8.42 Å². The second-order valence-electron chi connectivity index (χ2n) is 4.21. The Morgan fingerprint density at radius 3 is 2.29 bits per heavy atom. The molecule has 0 saturated heterocycles. The quantitative estimate of drug-likeness (QED) is 0.942. The van der Waals surface area contributed by atoms with E-state index in [2.05, 4.69) is 4.72 Å². The molecule has 7 heteroatoms. The highest BCUT2D eigenvalue weighted by Crippen LogP contribution is 2.12. The van der Waals surface area contributed by atoms with Crippen molar-refractivity contribution in [1.29, 1.82) is 5.26 Å². The summed E-state index contributed by atoms with van der Waals surface area (Å²) in [6.45, 7) is -0.167. The van der Waals surface area contributed by atoms with Gasteiger partial charge in [-0.2, -0.15) is 5.26 Å². The van der Waals surface area contributed by atoms with Gasteiger partial charge in [0.05, 0.1) is 16.5 Å². The highest BCUT2D eigenvalue weighted by Gasteiger charge is 2.14. The molecule has 0 bridgehead atoms. The van der Waals surface area contributed by atoms with E-state index in [0.29, 0.717) is 11.1 Å². The fourth-order valence-corrected chi connectivity index (χ4v) is 2.64. The van der Waals surface area contributed by atoms with E-state index < -0.39 is 21.7 Å². The molecule has 1 N–H and O–H groups in total. The molecule has 0 amide bonds. The first kappa shape index (κ1) is 15.1. The van der Waals surface area contributed by atoms with Crippen molar-refractivity contribution < 1.29 is 17.2 Å². The molecule has 0 heterocycles. The zero-order valence-corrected chi connectivity index (χ0v) is 11.5. The van der Waals surface area contributed by atoms with Crippen molar-refractivity contribution in [3.05, 3.63) is 65.2 Å². The number of nitrogens with zero attached hydrogens (tertiary/aromatic N) is 1. The average molecular weight is 308 g/mol. The number of benzene rings is 2. The summed E-state index contributed by atoms with van der Waals surface area (Å²) >= 11 is 0. The Hall–Kier alpha value is -2.30. The zero-order valence-electron chi connectivity index (χ0n) is 10.7. The summed E-state index contributed by atoms with van der Waals surface area (Å²) in [5.41, 5.74) is 0.640. The minimum atomic E-state index is -3.78. The molecule has 2 aromatic rings. The number of hydrogen-bond acceptors (Lipinski definition) is 3. The minimum Gasteiger partial charge on any atom is -0.207 e. The Morgan fingerprint density at radius 1 is 1.05 bits per heavy atom. The second kappa shape index (κ2) is 5.99. The SMILES string of the molecule is N#Cc1ccc(S(=O)(=O)NCc2ccc(F)c(F)c2)cc1. The summed E-state index contributed by atoms with van der Waals surface area (Å²) in [7, 11) is -3.78. The van der Waals surface area contributed by atoms with Gasteiger partial charge in [-0.05, 0) is 42.0 Å². The van der Waals surface area contributed by atoms with Gasteiger partial charge >= 0.3 is 0 Å². The molecule has 0 aliphatic heterocycles. The maximum atomic E-state index is 13.0. The summed E-state index contributed by atoms with van der Waals surface area (Å²) in [5.74, 6) is -2.03. The maximum absolute atomic E-state index is 13.0. The second-order valence-corrected chi connectivity index (χ2v) is 5.98. The van der Waals surface area contributed by atoms with Crippen LogP contribution < -0.4 is 4.72 Å². The van der Waals surface area contributed by atoms with E-state index in [0.717, 1.165) is 12.1 Å². The number of sulfonamides is 1. The van der Waals surface area contributed by atoms with Crippen LogP contribution in [0.1, 0.15) is 11.1 Å². The summed E-state index contributed by atoms with van der Waals surface area (Å²) in [4.78, 5) is -0.0101. The van der Waals surface area contributed by atoms with Crippen molar-refractivity contribution in [2.75, 3.05) is 0 Å². The van der Waals surface area contributed by atoms with Crippen LogP contribution in [0.5, 0.6) is 0 Å². The smallest absolute Gasteiger partial charge is 0.207 e. The van der Waals surface area contributed by atoms with Gasteiger partial charge in [0.25, 0.3) is 0 Å². The Bertz CT molecular complexity index is 797. The van der Waals surface area contributed by atoms with Crippen LogP contribution in [0, 0.1) is 23.0 Å². The van der Waals surface area contributed by atoms with Crippen LogP contribution in [0.4, 0.5) is 8.78 Å². The molecule has 108 valence electrons. The Balaban J connectivity index is 2.13. The predicted octanol–water partition coefficient (Wildman–Crippen LogP) is 2.31. The Kier molecular flexibility index (Phi) is 4.31. The van der Waals surface area contributed by atoms with Crippen LogP contribution >= 0.6 is 0 Å². The molecule has 0 aliphatic carbocycles. The Morgan fingerprint density at radius 2 is 1.71 bits per heavy atom. The monoisotopic (exact) mass is 308 g/mol. The third-order valence-corrected chi connectivity index (χ3v) is 4.16. The number of halogens is 2. The predicted molar refractivity (Wildman–Crippen MR) is 71.5 cm³/mol. The van der Waals surface area contributed by atoms with Gasteiger partial charge in [0.1, 0.15) is 0 Å². The van der Waals surface area contributed by atoms with Crippen molar-refractivity contribution in [2.45, 2.75) is 11.4 Å². The van der Waals surface area contributed by atoms with Gasteiger partial charge in [-0.3, -0.25) is 0 Å². The molecule has 0 saturated carbocycles. The zero-order chi connectivity index (χ0) is 15.5. The van der Waals surface area contributed by atoms with E-state index in [1.165, 1.54) is 30.3 Å². The number of nitrogens with one attached hydrogen (secondary N) is 1. The number of nitriles is 1. The average Bonchev–Trinajstić information content (AvgIpc) is 2.48. The van der Waals surface area contributed by atoms with Gasteiger partial charge in [0, 0.05) is 6.54 Å². The van der Waals surface area contributed by atoms with E-state index in [4.69, 9.17) is 5.26 Å². The van der Waals surface area contributed by atoms with Crippen molar-refractivity contribution in [1.82, 2.24) is 4.72 Å². The lowest BCUT2D eigenvalue weighted by Crippen LogP contribution is -2.23. The molecule has 0 spiro atoms. The molecule has 4 nitrogen and oxygen atoms in total. The van der Waals surface area contributed by atoms with E-state index in [1.54, 1.807) is 0 Å². The highest BCUT2D eigenvalue weighted by molar-refractivity contribution is 7.89. The van der Waals surface area contributed by atoms with Gasteiger partial charge in [-0.1, -0.05) is 6.07 Å². The van der Waals surface area contributed by atoms with Crippen molar-refractivity contribution in [2.24, 2.45) is 0 Å². The van der Waals surface area contributed by atoms with Crippen LogP contribution in [0.15, 0.2) is 47.4 Å². The molecule has 2 aromatic carbocycles. The van der Waals surface area contributed by atoms with E-state index in [9.17, 15) is 17.2 Å². The van der Waals surface area contributed by atoms with Crippen LogP contribution in [0.25, 0.3) is 0 Å². The van der Waals surface area contributed by atoms with Gasteiger partial charge < -0.3 is 0 Å². The third-order valence-electron chi connectivity index (χ3n) is 2.74. The molecule has 0 aromatic heterocycles. The molecule has 0 atom stereocenters. The molecular formula is C14H10F2N2O2S. The van der Waals surface area contributed by atoms with E-state index in [-0.39, 0.29) is 11.4 Å².